The Morgan fingerprint density at radius 3 is 2.28 bits per heavy atom. The highest BCUT2D eigenvalue weighted by Gasteiger charge is 2.31. The molecule has 0 saturated carbocycles. The lowest BCUT2D eigenvalue weighted by atomic mass is 10.2. The number of primary amides is 2. The maximum absolute atomic E-state index is 11.9. The van der Waals surface area contributed by atoms with Crippen molar-refractivity contribution < 1.29 is 14.3 Å². The van der Waals surface area contributed by atoms with Crippen LogP contribution in [0.4, 0.5) is 5.82 Å². The number of anilines is 1. The first-order chi connectivity index (χ1) is 15.4. The van der Waals surface area contributed by atoms with Crippen LogP contribution in [-0.2, 0) is 4.79 Å². The van der Waals surface area contributed by atoms with Gasteiger partial charge in [-0.2, -0.15) is 5.26 Å². The van der Waals surface area contributed by atoms with Crippen molar-refractivity contribution >= 4 is 17.6 Å². The largest absolute Gasteiger partial charge is 0.457 e. The average molecular weight is 428 g/mol. The van der Waals surface area contributed by atoms with Gasteiger partial charge in [0.25, 0.3) is 5.91 Å². The number of carbonyl (C=O) groups excluding carboxylic acids is 2. The van der Waals surface area contributed by atoms with E-state index in [1.165, 1.54) is 6.07 Å². The number of nitrogens with two attached hydrogens (primary N) is 2. The van der Waals surface area contributed by atoms with Crippen LogP contribution < -0.4 is 21.1 Å². The van der Waals surface area contributed by atoms with Gasteiger partial charge in [-0.25, -0.2) is 9.97 Å². The van der Waals surface area contributed by atoms with Crippen LogP contribution >= 0.6 is 0 Å². The summed E-state index contributed by atoms with van der Waals surface area (Å²) in [6, 6.07) is 16.8. The summed E-state index contributed by atoms with van der Waals surface area (Å²) in [4.78, 5) is 34.3. The Labute approximate surface area is 184 Å². The summed E-state index contributed by atoms with van der Waals surface area (Å²) in [6.07, 6.45) is 1.42. The standard InChI is InChI=1S/C23H20N6O3/c24-13-14-3-7-16(8-4-14)32-17-9-5-15(6-10-17)23-27-18(21(25)30)12-20(28-23)29-11-1-2-19(29)22(26)31/h3-10,12,19H,1-2,11H2,(H2,25,30)(H2,26,31). The maximum atomic E-state index is 11.9. The second-order valence-electron chi connectivity index (χ2n) is 7.32. The molecule has 3 aromatic rings. The molecule has 2 amide bonds. The number of carbonyl (C=O) groups is 2. The van der Waals surface area contributed by atoms with Crippen LogP contribution in [0.5, 0.6) is 11.5 Å². The zero-order chi connectivity index (χ0) is 22.7. The molecule has 0 spiro atoms. The average Bonchev–Trinajstić information content (AvgIpc) is 3.30. The van der Waals surface area contributed by atoms with Crippen molar-refractivity contribution in [1.82, 2.24) is 9.97 Å². The number of hydrogen-bond acceptors (Lipinski definition) is 7. The molecule has 1 unspecified atom stereocenters. The SMILES string of the molecule is N#Cc1ccc(Oc2ccc(-c3nc(C(N)=O)cc(N4CCCC4C(N)=O)n3)cc2)cc1. The van der Waals surface area contributed by atoms with E-state index < -0.39 is 17.9 Å². The first kappa shape index (κ1) is 20.8. The van der Waals surface area contributed by atoms with Gasteiger partial charge in [0.2, 0.25) is 5.91 Å². The Balaban J connectivity index is 1.62. The summed E-state index contributed by atoms with van der Waals surface area (Å²) in [6.45, 7) is 0.597. The molecule has 1 fully saturated rings. The van der Waals surface area contributed by atoms with Gasteiger partial charge in [-0.15, -0.1) is 0 Å². The van der Waals surface area contributed by atoms with Crippen LogP contribution in [0.3, 0.4) is 0 Å². The Kier molecular flexibility index (Phi) is 5.68. The minimum absolute atomic E-state index is 0.0537. The molecule has 2 heterocycles. The summed E-state index contributed by atoms with van der Waals surface area (Å²) < 4.78 is 5.79. The third-order valence-electron chi connectivity index (χ3n) is 5.17. The Morgan fingerprint density at radius 1 is 1.03 bits per heavy atom. The maximum Gasteiger partial charge on any atom is 0.267 e. The molecule has 9 nitrogen and oxygen atoms in total. The van der Waals surface area contributed by atoms with E-state index in [4.69, 9.17) is 21.5 Å². The van der Waals surface area contributed by atoms with Gasteiger partial charge in [-0.05, 0) is 61.4 Å². The van der Waals surface area contributed by atoms with E-state index in [2.05, 4.69) is 16.0 Å². The zero-order valence-corrected chi connectivity index (χ0v) is 17.1. The normalized spacial score (nSPS) is 15.2. The molecule has 0 radical (unpaired) electrons. The smallest absolute Gasteiger partial charge is 0.267 e. The lowest BCUT2D eigenvalue weighted by Crippen LogP contribution is -2.41. The molecule has 9 heteroatoms. The highest BCUT2D eigenvalue weighted by molar-refractivity contribution is 5.92. The third-order valence-corrected chi connectivity index (χ3v) is 5.17. The summed E-state index contributed by atoms with van der Waals surface area (Å²) in [5.74, 6) is 0.785. The fourth-order valence-electron chi connectivity index (χ4n) is 3.58. The molecule has 1 saturated heterocycles. The molecule has 4 N–H and O–H groups in total. The highest BCUT2D eigenvalue weighted by atomic mass is 16.5. The minimum atomic E-state index is -0.689. The summed E-state index contributed by atoms with van der Waals surface area (Å²) in [5, 5.41) is 8.88. The van der Waals surface area contributed by atoms with Gasteiger partial charge in [0.05, 0.1) is 11.6 Å². The van der Waals surface area contributed by atoms with Crippen LogP contribution in [0, 0.1) is 11.3 Å². The van der Waals surface area contributed by atoms with Crippen molar-refractivity contribution in [2.24, 2.45) is 11.5 Å². The molecule has 1 aliphatic heterocycles. The van der Waals surface area contributed by atoms with Crippen LogP contribution in [-0.4, -0.2) is 34.4 Å². The molecular weight excluding hydrogens is 408 g/mol. The first-order valence-electron chi connectivity index (χ1n) is 9.98. The highest BCUT2D eigenvalue weighted by Crippen LogP contribution is 2.28. The first-order valence-corrected chi connectivity index (χ1v) is 9.98. The van der Waals surface area contributed by atoms with E-state index in [1.54, 1.807) is 53.4 Å². The summed E-state index contributed by atoms with van der Waals surface area (Å²) >= 11 is 0. The minimum Gasteiger partial charge on any atom is -0.457 e. The monoisotopic (exact) mass is 428 g/mol. The molecule has 0 bridgehead atoms. The molecule has 1 aliphatic rings. The van der Waals surface area contributed by atoms with Crippen LogP contribution in [0.15, 0.2) is 54.6 Å². The van der Waals surface area contributed by atoms with E-state index >= 15 is 0 Å². The van der Waals surface area contributed by atoms with Gasteiger partial charge in [0.1, 0.15) is 29.1 Å². The van der Waals surface area contributed by atoms with E-state index in [0.29, 0.717) is 47.2 Å². The van der Waals surface area contributed by atoms with Gasteiger partial charge in [0.15, 0.2) is 5.82 Å². The fraction of sp³-hybridized carbons (Fsp3) is 0.174. The second-order valence-corrected chi connectivity index (χ2v) is 7.32. The van der Waals surface area contributed by atoms with Crippen molar-refractivity contribution in [2.75, 3.05) is 11.4 Å². The number of rotatable bonds is 6. The number of nitrogens with zero attached hydrogens (tertiary/aromatic N) is 4. The van der Waals surface area contributed by atoms with Gasteiger partial charge in [0, 0.05) is 18.2 Å². The van der Waals surface area contributed by atoms with Crippen molar-refractivity contribution in [3.63, 3.8) is 0 Å². The van der Waals surface area contributed by atoms with Gasteiger partial charge in [-0.3, -0.25) is 9.59 Å². The number of nitriles is 1. The van der Waals surface area contributed by atoms with Crippen molar-refractivity contribution in [1.29, 1.82) is 5.26 Å². The molecule has 32 heavy (non-hydrogen) atoms. The molecule has 0 aliphatic carbocycles. The van der Waals surface area contributed by atoms with E-state index in [-0.39, 0.29) is 5.69 Å². The Morgan fingerprint density at radius 2 is 1.69 bits per heavy atom. The molecule has 160 valence electrons. The van der Waals surface area contributed by atoms with Crippen molar-refractivity contribution in [3.8, 4) is 29.0 Å². The van der Waals surface area contributed by atoms with E-state index in [0.717, 1.165) is 6.42 Å². The third kappa shape index (κ3) is 4.34. The lowest BCUT2D eigenvalue weighted by molar-refractivity contribution is -0.119. The lowest BCUT2D eigenvalue weighted by Gasteiger charge is -2.23. The van der Waals surface area contributed by atoms with Crippen molar-refractivity contribution in [3.05, 3.63) is 65.9 Å². The topological polar surface area (TPSA) is 148 Å². The van der Waals surface area contributed by atoms with Crippen LogP contribution in [0.2, 0.25) is 0 Å². The number of benzene rings is 2. The summed E-state index contributed by atoms with van der Waals surface area (Å²) in [7, 11) is 0. The van der Waals surface area contributed by atoms with E-state index in [1.807, 2.05) is 0 Å². The Bertz CT molecular complexity index is 1200. The fourth-order valence-corrected chi connectivity index (χ4v) is 3.58. The number of aromatic nitrogens is 2. The molecule has 2 aromatic carbocycles. The second kappa shape index (κ2) is 8.73. The predicted octanol–water partition coefficient (Wildman–Crippen LogP) is 2.36. The number of hydrogen-bond donors (Lipinski definition) is 2. The number of ether oxygens (including phenoxy) is 1. The van der Waals surface area contributed by atoms with E-state index in [9.17, 15) is 9.59 Å². The number of amides is 2. The Hall–Kier alpha value is -4.45. The predicted molar refractivity (Wildman–Crippen MR) is 117 cm³/mol. The molecular formula is C23H20N6O3. The zero-order valence-electron chi connectivity index (χ0n) is 17.1. The van der Waals surface area contributed by atoms with Gasteiger partial charge < -0.3 is 21.1 Å². The van der Waals surface area contributed by atoms with Crippen molar-refractivity contribution in [2.45, 2.75) is 18.9 Å². The van der Waals surface area contributed by atoms with Gasteiger partial charge >= 0.3 is 0 Å². The molecule has 4 rings (SSSR count). The molecule has 1 atom stereocenters. The van der Waals surface area contributed by atoms with Crippen LogP contribution in [0.1, 0.15) is 28.9 Å². The van der Waals surface area contributed by atoms with Crippen LogP contribution in [0.25, 0.3) is 11.4 Å². The summed E-state index contributed by atoms with van der Waals surface area (Å²) in [5.41, 5.74) is 12.2. The molecule has 1 aromatic heterocycles. The quantitative estimate of drug-likeness (QED) is 0.612. The van der Waals surface area contributed by atoms with Gasteiger partial charge in [-0.1, -0.05) is 0 Å².